The van der Waals surface area contributed by atoms with Crippen LogP contribution in [0.4, 0.5) is 4.79 Å². The molecule has 0 bridgehead atoms. The monoisotopic (exact) mass is 351 g/mol. The maximum absolute atomic E-state index is 12.2. The number of nitrogens with one attached hydrogen (secondary N) is 1. The molecule has 0 radical (unpaired) electrons. The molecule has 2 aromatic rings. The van der Waals surface area contributed by atoms with Gasteiger partial charge in [0.1, 0.15) is 12.7 Å². The molecule has 1 saturated heterocycles. The summed E-state index contributed by atoms with van der Waals surface area (Å²) in [5.41, 5.74) is 2.37. The lowest BCUT2D eigenvalue weighted by atomic mass is 9.98. The summed E-state index contributed by atoms with van der Waals surface area (Å²) >= 11 is 0. The van der Waals surface area contributed by atoms with Crippen molar-refractivity contribution in [1.82, 2.24) is 5.32 Å². The molecule has 1 fully saturated rings. The van der Waals surface area contributed by atoms with Crippen LogP contribution in [0.2, 0.25) is 0 Å². The quantitative estimate of drug-likeness (QED) is 0.640. The van der Waals surface area contributed by atoms with Gasteiger partial charge in [0.25, 0.3) is 0 Å². The van der Waals surface area contributed by atoms with Crippen LogP contribution in [0.15, 0.2) is 72.8 Å². The zero-order valence-corrected chi connectivity index (χ0v) is 14.4. The molecule has 2 aromatic carbocycles. The summed E-state index contributed by atoms with van der Waals surface area (Å²) in [4.78, 5) is 23.9. The third kappa shape index (κ3) is 4.72. The zero-order valence-electron chi connectivity index (χ0n) is 14.4. The van der Waals surface area contributed by atoms with Crippen molar-refractivity contribution in [2.24, 2.45) is 0 Å². The van der Waals surface area contributed by atoms with Gasteiger partial charge in [-0.15, -0.1) is 0 Å². The lowest BCUT2D eigenvalue weighted by Gasteiger charge is -2.23. The van der Waals surface area contributed by atoms with Crippen LogP contribution >= 0.6 is 0 Å². The normalized spacial score (nSPS) is 17.5. The van der Waals surface area contributed by atoms with E-state index in [2.05, 4.69) is 11.9 Å². The van der Waals surface area contributed by atoms with E-state index in [-0.39, 0.29) is 12.6 Å². The first kappa shape index (κ1) is 17.7. The Labute approximate surface area is 152 Å². The Balaban J connectivity index is 1.63. The van der Waals surface area contributed by atoms with Crippen LogP contribution in [0.25, 0.3) is 0 Å². The lowest BCUT2D eigenvalue weighted by Crippen LogP contribution is -2.45. The van der Waals surface area contributed by atoms with Crippen molar-refractivity contribution < 1.29 is 19.1 Å². The lowest BCUT2D eigenvalue weighted by molar-refractivity contribution is -0.139. The molecule has 1 aliphatic heterocycles. The summed E-state index contributed by atoms with van der Waals surface area (Å²) in [6.07, 6.45) is -0.0511. The Kier molecular flexibility index (Phi) is 5.69. The minimum Gasteiger partial charge on any atom is -0.456 e. The first-order valence-corrected chi connectivity index (χ1v) is 8.51. The summed E-state index contributed by atoms with van der Waals surface area (Å²) in [7, 11) is 0. The number of rotatable bonds is 6. The predicted octanol–water partition coefficient (Wildman–Crippen LogP) is 3.40. The van der Waals surface area contributed by atoms with Gasteiger partial charge in [-0.05, 0) is 17.5 Å². The Morgan fingerprint density at radius 1 is 1.12 bits per heavy atom. The molecule has 0 unspecified atom stereocenters. The van der Waals surface area contributed by atoms with Gasteiger partial charge in [-0.1, -0.05) is 67.2 Å². The van der Waals surface area contributed by atoms with Crippen molar-refractivity contribution in [2.75, 3.05) is 0 Å². The van der Waals surface area contributed by atoms with E-state index in [1.807, 2.05) is 60.7 Å². The highest BCUT2D eigenvalue weighted by atomic mass is 16.6. The number of carbonyl (C=O) groups excluding carboxylic acids is 2. The highest BCUT2D eigenvalue weighted by molar-refractivity contribution is 5.90. The average Bonchev–Trinajstić information content (AvgIpc) is 3.00. The molecule has 0 saturated carbocycles. The Bertz CT molecular complexity index is 757. The molecule has 0 spiro atoms. The average molecular weight is 351 g/mol. The number of hydrogen-bond donors (Lipinski definition) is 1. The standard InChI is InChI=1S/C21H21NO4/c1-15-12-19(26-20(15)23)18(13-16-8-4-2-5-9-16)22-21(24)25-14-17-10-6-3-7-11-17/h2-11,18-19H,1,12-14H2,(H,22,24)/t18-,19+/m0/s1. The van der Waals surface area contributed by atoms with Crippen LogP contribution in [0.5, 0.6) is 0 Å². The van der Waals surface area contributed by atoms with Crippen molar-refractivity contribution in [1.29, 1.82) is 0 Å². The molecule has 0 aromatic heterocycles. The zero-order chi connectivity index (χ0) is 18.4. The molecule has 26 heavy (non-hydrogen) atoms. The number of ether oxygens (including phenoxy) is 2. The molecular formula is C21H21NO4. The van der Waals surface area contributed by atoms with Gasteiger partial charge in [-0.3, -0.25) is 0 Å². The molecule has 1 aliphatic rings. The summed E-state index contributed by atoms with van der Waals surface area (Å²) in [6, 6.07) is 18.8. The van der Waals surface area contributed by atoms with E-state index < -0.39 is 18.2 Å². The smallest absolute Gasteiger partial charge is 0.407 e. The Morgan fingerprint density at radius 3 is 2.31 bits per heavy atom. The van der Waals surface area contributed by atoms with Crippen molar-refractivity contribution in [3.8, 4) is 0 Å². The number of amides is 1. The van der Waals surface area contributed by atoms with Crippen LogP contribution in [0.3, 0.4) is 0 Å². The van der Waals surface area contributed by atoms with E-state index in [1.165, 1.54) is 0 Å². The van der Waals surface area contributed by atoms with E-state index in [0.29, 0.717) is 18.4 Å². The third-order valence-corrected chi connectivity index (χ3v) is 4.26. The molecule has 1 amide bonds. The number of benzene rings is 2. The SMILES string of the molecule is C=C1C[C@H]([C@H](Cc2ccccc2)NC(=O)OCc2ccccc2)OC1=O. The van der Waals surface area contributed by atoms with Crippen LogP contribution < -0.4 is 5.32 Å². The van der Waals surface area contributed by atoms with Gasteiger partial charge in [-0.2, -0.15) is 0 Å². The van der Waals surface area contributed by atoms with E-state index in [9.17, 15) is 9.59 Å². The van der Waals surface area contributed by atoms with Crippen molar-refractivity contribution in [3.63, 3.8) is 0 Å². The van der Waals surface area contributed by atoms with Crippen LogP contribution in [0.1, 0.15) is 17.5 Å². The van der Waals surface area contributed by atoms with Crippen LogP contribution in [-0.2, 0) is 27.3 Å². The number of alkyl carbamates (subject to hydrolysis) is 1. The molecule has 134 valence electrons. The second-order valence-electron chi connectivity index (χ2n) is 6.25. The first-order valence-electron chi connectivity index (χ1n) is 8.51. The molecule has 3 rings (SSSR count). The second-order valence-corrected chi connectivity index (χ2v) is 6.25. The number of hydrogen-bond acceptors (Lipinski definition) is 4. The second kappa shape index (κ2) is 8.34. The highest BCUT2D eigenvalue weighted by Crippen LogP contribution is 2.23. The van der Waals surface area contributed by atoms with Crippen molar-refractivity contribution in [2.45, 2.75) is 31.6 Å². The summed E-state index contributed by atoms with van der Waals surface area (Å²) in [5.74, 6) is -0.410. The molecular weight excluding hydrogens is 330 g/mol. The Hall–Kier alpha value is -3.08. The fraction of sp³-hybridized carbons (Fsp3) is 0.238. The van der Waals surface area contributed by atoms with Gasteiger partial charge in [0.15, 0.2) is 0 Å². The minimum atomic E-state index is -0.539. The van der Waals surface area contributed by atoms with Crippen LogP contribution in [0, 0.1) is 0 Å². The van der Waals surface area contributed by atoms with Gasteiger partial charge in [-0.25, -0.2) is 9.59 Å². The third-order valence-electron chi connectivity index (χ3n) is 4.26. The number of carbonyl (C=O) groups is 2. The Morgan fingerprint density at radius 2 is 1.73 bits per heavy atom. The predicted molar refractivity (Wildman–Crippen MR) is 97.3 cm³/mol. The molecule has 1 N–H and O–H groups in total. The largest absolute Gasteiger partial charge is 0.456 e. The van der Waals surface area contributed by atoms with Gasteiger partial charge in [0, 0.05) is 12.0 Å². The first-order chi connectivity index (χ1) is 12.6. The van der Waals surface area contributed by atoms with E-state index in [4.69, 9.17) is 9.47 Å². The van der Waals surface area contributed by atoms with Crippen molar-refractivity contribution in [3.05, 3.63) is 83.9 Å². The molecule has 5 heteroatoms. The van der Waals surface area contributed by atoms with Gasteiger partial charge in [0.2, 0.25) is 0 Å². The van der Waals surface area contributed by atoms with Crippen LogP contribution in [-0.4, -0.2) is 24.2 Å². The van der Waals surface area contributed by atoms with Gasteiger partial charge in [0.05, 0.1) is 6.04 Å². The van der Waals surface area contributed by atoms with E-state index in [1.54, 1.807) is 0 Å². The minimum absolute atomic E-state index is 0.182. The van der Waals surface area contributed by atoms with Crippen molar-refractivity contribution >= 4 is 12.1 Å². The van der Waals surface area contributed by atoms with Gasteiger partial charge < -0.3 is 14.8 Å². The van der Waals surface area contributed by atoms with E-state index >= 15 is 0 Å². The maximum Gasteiger partial charge on any atom is 0.407 e. The molecule has 5 nitrogen and oxygen atoms in total. The highest BCUT2D eigenvalue weighted by Gasteiger charge is 2.35. The number of esters is 1. The van der Waals surface area contributed by atoms with E-state index in [0.717, 1.165) is 11.1 Å². The van der Waals surface area contributed by atoms with Gasteiger partial charge >= 0.3 is 12.1 Å². The fourth-order valence-electron chi connectivity index (χ4n) is 2.87. The summed E-state index contributed by atoms with van der Waals surface area (Å²) < 4.78 is 10.7. The summed E-state index contributed by atoms with van der Waals surface area (Å²) in [5, 5.41) is 2.84. The molecule has 2 atom stereocenters. The topological polar surface area (TPSA) is 64.6 Å². The maximum atomic E-state index is 12.2. The molecule has 1 heterocycles. The number of cyclic esters (lactones) is 1. The summed E-state index contributed by atoms with van der Waals surface area (Å²) in [6.45, 7) is 3.89. The fourth-order valence-corrected chi connectivity index (χ4v) is 2.87. The molecule has 0 aliphatic carbocycles.